The van der Waals surface area contributed by atoms with Crippen molar-refractivity contribution in [3.63, 3.8) is 0 Å². The van der Waals surface area contributed by atoms with Crippen LogP contribution in [0.25, 0.3) is 0 Å². The Balaban J connectivity index is 0.000000640. The van der Waals surface area contributed by atoms with Crippen LogP contribution < -0.4 is 5.32 Å². The van der Waals surface area contributed by atoms with Gasteiger partial charge in [0.15, 0.2) is 0 Å². The van der Waals surface area contributed by atoms with E-state index in [0.717, 1.165) is 0 Å². The Morgan fingerprint density at radius 3 is 2.78 bits per heavy atom. The van der Waals surface area contributed by atoms with Crippen molar-refractivity contribution >= 4 is 0 Å². The lowest BCUT2D eigenvalue weighted by Gasteiger charge is -1.93. The highest BCUT2D eigenvalue weighted by Crippen LogP contribution is 1.91. The summed E-state index contributed by atoms with van der Waals surface area (Å²) in [5.74, 6) is 0. The minimum Gasteiger partial charge on any atom is -0.365 e. The standard InChI is InChI=1S/C7H9N.CH4/c1-7-5-3-2-4-6-8-7;/h2-6,8H,1H3;1H4. The Morgan fingerprint density at radius 2 is 2.00 bits per heavy atom. The minimum atomic E-state index is 0. The van der Waals surface area contributed by atoms with Gasteiger partial charge in [0.05, 0.1) is 0 Å². The maximum Gasteiger partial charge on any atom is 0.0115 e. The van der Waals surface area contributed by atoms with Gasteiger partial charge in [-0.3, -0.25) is 0 Å². The molecular weight excluding hydrogens is 110 g/mol. The summed E-state index contributed by atoms with van der Waals surface area (Å²) in [6.45, 7) is 2.03. The van der Waals surface area contributed by atoms with Crippen molar-refractivity contribution in [3.05, 3.63) is 36.2 Å². The van der Waals surface area contributed by atoms with Crippen LogP contribution in [0.15, 0.2) is 36.2 Å². The molecule has 50 valence electrons. The molecule has 1 N–H and O–H groups in total. The number of hydrogen-bond acceptors (Lipinski definition) is 1. The van der Waals surface area contributed by atoms with Gasteiger partial charge >= 0.3 is 0 Å². The van der Waals surface area contributed by atoms with E-state index < -0.39 is 0 Å². The second-order valence-electron chi connectivity index (χ2n) is 1.74. The lowest BCUT2D eigenvalue weighted by atomic mass is 10.4. The molecule has 0 fully saturated rings. The van der Waals surface area contributed by atoms with E-state index in [1.54, 1.807) is 0 Å². The first-order valence-corrected chi connectivity index (χ1v) is 2.66. The van der Waals surface area contributed by atoms with Crippen molar-refractivity contribution in [2.24, 2.45) is 0 Å². The molecule has 0 saturated carbocycles. The van der Waals surface area contributed by atoms with E-state index in [2.05, 4.69) is 5.32 Å². The van der Waals surface area contributed by atoms with E-state index in [9.17, 15) is 0 Å². The summed E-state index contributed by atoms with van der Waals surface area (Å²) in [5, 5.41) is 3.06. The van der Waals surface area contributed by atoms with Gasteiger partial charge in [-0.05, 0) is 19.1 Å². The van der Waals surface area contributed by atoms with Crippen molar-refractivity contribution in [2.45, 2.75) is 14.4 Å². The zero-order valence-electron chi connectivity index (χ0n) is 4.89. The molecule has 9 heavy (non-hydrogen) atoms. The van der Waals surface area contributed by atoms with Gasteiger partial charge in [0.1, 0.15) is 0 Å². The average molecular weight is 123 g/mol. The second kappa shape index (κ2) is 3.96. The summed E-state index contributed by atoms with van der Waals surface area (Å²) >= 11 is 0. The molecule has 1 heterocycles. The minimum absolute atomic E-state index is 0. The van der Waals surface area contributed by atoms with Crippen LogP contribution in [0.5, 0.6) is 0 Å². The van der Waals surface area contributed by atoms with Crippen molar-refractivity contribution in [1.29, 1.82) is 0 Å². The third-order valence-corrected chi connectivity index (χ3v) is 0.976. The van der Waals surface area contributed by atoms with Crippen LogP contribution in [0.4, 0.5) is 0 Å². The highest BCUT2D eigenvalue weighted by atomic mass is 14.8. The molecule has 0 radical (unpaired) electrons. The highest BCUT2D eigenvalue weighted by Gasteiger charge is 1.80. The summed E-state index contributed by atoms with van der Waals surface area (Å²) in [5.41, 5.74) is 1.18. The predicted molar refractivity (Wildman–Crippen MR) is 41.9 cm³/mol. The fraction of sp³-hybridized carbons (Fsp3) is 0.250. The number of allylic oxidation sites excluding steroid dienone is 5. The van der Waals surface area contributed by atoms with Gasteiger partial charge in [0.25, 0.3) is 0 Å². The molecule has 1 heteroatoms. The van der Waals surface area contributed by atoms with Gasteiger partial charge in [0, 0.05) is 11.9 Å². The molecule has 0 atom stereocenters. The van der Waals surface area contributed by atoms with E-state index in [1.165, 1.54) is 5.70 Å². The third kappa shape index (κ3) is 2.75. The average Bonchev–Trinajstić information content (AvgIpc) is 1.94. The predicted octanol–water partition coefficient (Wildman–Crippen LogP) is 2.20. The maximum atomic E-state index is 3.06. The summed E-state index contributed by atoms with van der Waals surface area (Å²) in [4.78, 5) is 0. The van der Waals surface area contributed by atoms with Gasteiger partial charge in [0.2, 0.25) is 0 Å². The van der Waals surface area contributed by atoms with Crippen LogP contribution in [0.2, 0.25) is 0 Å². The monoisotopic (exact) mass is 123 g/mol. The molecule has 1 nitrogen and oxygen atoms in total. The maximum absolute atomic E-state index is 3.06. The zero-order chi connectivity index (χ0) is 5.82. The summed E-state index contributed by atoms with van der Waals surface area (Å²) in [7, 11) is 0. The van der Waals surface area contributed by atoms with Gasteiger partial charge in [-0.25, -0.2) is 0 Å². The summed E-state index contributed by atoms with van der Waals surface area (Å²) in [6.07, 6.45) is 9.90. The van der Waals surface area contributed by atoms with Gasteiger partial charge in [-0.1, -0.05) is 19.6 Å². The Hall–Kier alpha value is -0.980. The first-order valence-electron chi connectivity index (χ1n) is 2.66. The lowest BCUT2D eigenvalue weighted by Crippen LogP contribution is -1.98. The summed E-state index contributed by atoms with van der Waals surface area (Å²) in [6, 6.07) is 0. The fourth-order valence-corrected chi connectivity index (χ4v) is 0.547. The molecular formula is C8H13N. The van der Waals surface area contributed by atoms with Crippen molar-refractivity contribution < 1.29 is 0 Å². The SMILES string of the molecule is C.CC1=CC=CC=CN1. The number of nitrogens with one attached hydrogen (secondary N) is 1. The molecule has 1 rings (SSSR count). The van der Waals surface area contributed by atoms with Gasteiger partial charge in [-0.15, -0.1) is 0 Å². The van der Waals surface area contributed by atoms with E-state index >= 15 is 0 Å². The number of hydrogen-bond donors (Lipinski definition) is 1. The van der Waals surface area contributed by atoms with Crippen molar-refractivity contribution in [2.75, 3.05) is 0 Å². The van der Waals surface area contributed by atoms with E-state index in [1.807, 2.05) is 37.4 Å². The topological polar surface area (TPSA) is 12.0 Å². The van der Waals surface area contributed by atoms with Crippen LogP contribution in [-0.4, -0.2) is 0 Å². The van der Waals surface area contributed by atoms with Crippen LogP contribution in [0.3, 0.4) is 0 Å². The molecule has 0 amide bonds. The Bertz CT molecular complexity index is 152. The molecule has 0 aromatic heterocycles. The quantitative estimate of drug-likeness (QED) is 0.520. The van der Waals surface area contributed by atoms with Crippen LogP contribution >= 0.6 is 0 Å². The zero-order valence-corrected chi connectivity index (χ0v) is 4.89. The van der Waals surface area contributed by atoms with E-state index in [-0.39, 0.29) is 7.43 Å². The largest absolute Gasteiger partial charge is 0.365 e. The first-order chi connectivity index (χ1) is 3.89. The van der Waals surface area contributed by atoms with Crippen molar-refractivity contribution in [1.82, 2.24) is 5.32 Å². The van der Waals surface area contributed by atoms with Crippen molar-refractivity contribution in [3.8, 4) is 0 Å². The Kier molecular flexibility index (Phi) is 3.52. The van der Waals surface area contributed by atoms with E-state index in [4.69, 9.17) is 0 Å². The fourth-order valence-electron chi connectivity index (χ4n) is 0.547. The van der Waals surface area contributed by atoms with Gasteiger partial charge in [-0.2, -0.15) is 0 Å². The molecule has 0 saturated heterocycles. The summed E-state index contributed by atoms with van der Waals surface area (Å²) < 4.78 is 0. The molecule has 0 bridgehead atoms. The van der Waals surface area contributed by atoms with E-state index in [0.29, 0.717) is 0 Å². The lowest BCUT2D eigenvalue weighted by molar-refractivity contribution is 1.06. The molecule has 1 aliphatic rings. The third-order valence-electron chi connectivity index (χ3n) is 0.976. The Labute approximate surface area is 56.8 Å². The normalized spacial score (nSPS) is 15.0. The molecule has 0 spiro atoms. The van der Waals surface area contributed by atoms with Crippen LogP contribution in [-0.2, 0) is 0 Å². The highest BCUT2D eigenvalue weighted by molar-refractivity contribution is 5.19. The van der Waals surface area contributed by atoms with Crippen LogP contribution in [0, 0.1) is 0 Å². The number of rotatable bonds is 0. The first kappa shape index (κ1) is 8.02. The molecule has 0 aromatic carbocycles. The Morgan fingerprint density at radius 1 is 1.22 bits per heavy atom. The molecule has 0 aromatic rings. The molecule has 1 aliphatic heterocycles. The smallest absolute Gasteiger partial charge is 0.0115 e. The second-order valence-corrected chi connectivity index (χ2v) is 1.74. The van der Waals surface area contributed by atoms with Crippen LogP contribution in [0.1, 0.15) is 14.4 Å². The van der Waals surface area contributed by atoms with Gasteiger partial charge < -0.3 is 5.32 Å². The molecule has 0 aliphatic carbocycles. The molecule has 0 unspecified atom stereocenters.